The average Bonchev–Trinajstić information content (AvgIpc) is 2.25. The molecule has 0 amide bonds. The summed E-state index contributed by atoms with van der Waals surface area (Å²) >= 11 is 0. The third-order valence-corrected chi connectivity index (χ3v) is 2.60. The molecule has 1 aromatic carbocycles. The molecule has 0 fully saturated rings. The van der Waals surface area contributed by atoms with Gasteiger partial charge in [-0.05, 0) is 38.5 Å². The molecule has 0 bridgehead atoms. The maximum atomic E-state index is 12.8. The standard InChI is InChI=1S/C13H20FNO/c1-4-13(2,3)16-9-8-15-12-7-5-6-11(14)10-12/h5-7,10,15H,4,8-9H2,1-3H3. The van der Waals surface area contributed by atoms with Crippen LogP contribution in [0.1, 0.15) is 27.2 Å². The molecule has 0 heterocycles. The highest BCUT2D eigenvalue weighted by molar-refractivity contribution is 5.42. The number of hydrogen-bond donors (Lipinski definition) is 1. The molecule has 90 valence electrons. The van der Waals surface area contributed by atoms with Gasteiger partial charge in [0.2, 0.25) is 0 Å². The van der Waals surface area contributed by atoms with Crippen molar-refractivity contribution >= 4 is 5.69 Å². The quantitative estimate of drug-likeness (QED) is 0.749. The highest BCUT2D eigenvalue weighted by Crippen LogP contribution is 2.13. The van der Waals surface area contributed by atoms with Crippen molar-refractivity contribution in [2.75, 3.05) is 18.5 Å². The first-order chi connectivity index (χ1) is 7.53. The molecule has 1 N–H and O–H groups in total. The molecule has 0 radical (unpaired) electrons. The molecule has 1 rings (SSSR count). The first kappa shape index (κ1) is 13.0. The molecule has 0 aliphatic rings. The molecule has 3 heteroatoms. The van der Waals surface area contributed by atoms with Crippen LogP contribution in [0.15, 0.2) is 24.3 Å². The Bertz CT molecular complexity index is 325. The fourth-order valence-electron chi connectivity index (χ4n) is 1.22. The Labute approximate surface area is 96.8 Å². The van der Waals surface area contributed by atoms with E-state index in [1.165, 1.54) is 12.1 Å². The van der Waals surface area contributed by atoms with Crippen LogP contribution >= 0.6 is 0 Å². The van der Waals surface area contributed by atoms with E-state index in [1.807, 2.05) is 6.07 Å². The van der Waals surface area contributed by atoms with Crippen LogP contribution in [-0.2, 0) is 4.74 Å². The summed E-state index contributed by atoms with van der Waals surface area (Å²) in [6.07, 6.45) is 0.979. The zero-order chi connectivity index (χ0) is 12.0. The molecule has 16 heavy (non-hydrogen) atoms. The van der Waals surface area contributed by atoms with Gasteiger partial charge < -0.3 is 10.1 Å². The van der Waals surface area contributed by atoms with Gasteiger partial charge in [0.15, 0.2) is 0 Å². The van der Waals surface area contributed by atoms with E-state index in [0.29, 0.717) is 13.2 Å². The summed E-state index contributed by atoms with van der Waals surface area (Å²) in [7, 11) is 0. The molecule has 0 atom stereocenters. The van der Waals surface area contributed by atoms with Gasteiger partial charge >= 0.3 is 0 Å². The summed E-state index contributed by atoms with van der Waals surface area (Å²) in [6, 6.07) is 6.44. The molecule has 1 aromatic rings. The van der Waals surface area contributed by atoms with Crippen molar-refractivity contribution in [3.63, 3.8) is 0 Å². The number of hydrogen-bond acceptors (Lipinski definition) is 2. The summed E-state index contributed by atoms with van der Waals surface area (Å²) in [6.45, 7) is 7.54. The van der Waals surface area contributed by atoms with E-state index in [9.17, 15) is 4.39 Å². The minimum Gasteiger partial charge on any atom is -0.383 e. The lowest BCUT2D eigenvalue weighted by molar-refractivity contribution is -0.0142. The summed E-state index contributed by atoms with van der Waals surface area (Å²) in [5, 5.41) is 3.12. The van der Waals surface area contributed by atoms with Crippen LogP contribution in [0, 0.1) is 5.82 Å². The van der Waals surface area contributed by atoms with Crippen molar-refractivity contribution in [1.82, 2.24) is 0 Å². The molecule has 2 nitrogen and oxygen atoms in total. The van der Waals surface area contributed by atoms with Crippen LogP contribution in [-0.4, -0.2) is 18.8 Å². The van der Waals surface area contributed by atoms with Crippen molar-refractivity contribution < 1.29 is 9.13 Å². The molecular formula is C13H20FNO. The van der Waals surface area contributed by atoms with Crippen LogP contribution in [0.3, 0.4) is 0 Å². The second-order valence-electron chi connectivity index (χ2n) is 4.40. The zero-order valence-corrected chi connectivity index (χ0v) is 10.2. The lowest BCUT2D eigenvalue weighted by Crippen LogP contribution is -2.26. The number of rotatable bonds is 6. The Balaban J connectivity index is 2.26. The minimum absolute atomic E-state index is 0.0797. The van der Waals surface area contributed by atoms with E-state index >= 15 is 0 Å². The molecule has 0 aliphatic carbocycles. The average molecular weight is 225 g/mol. The van der Waals surface area contributed by atoms with Gasteiger partial charge in [0.25, 0.3) is 0 Å². The smallest absolute Gasteiger partial charge is 0.125 e. The number of anilines is 1. The Hall–Kier alpha value is -1.09. The predicted octanol–water partition coefficient (Wildman–Crippen LogP) is 3.44. The molecule has 0 aliphatic heterocycles. The maximum absolute atomic E-state index is 12.8. The van der Waals surface area contributed by atoms with Crippen molar-refractivity contribution in [3.8, 4) is 0 Å². The number of ether oxygens (including phenoxy) is 1. The molecule has 0 aromatic heterocycles. The van der Waals surface area contributed by atoms with Crippen molar-refractivity contribution in [3.05, 3.63) is 30.1 Å². The van der Waals surface area contributed by atoms with Gasteiger partial charge in [-0.2, -0.15) is 0 Å². The van der Waals surface area contributed by atoms with Crippen LogP contribution in [0.25, 0.3) is 0 Å². The van der Waals surface area contributed by atoms with Gasteiger partial charge in [-0.3, -0.25) is 0 Å². The first-order valence-electron chi connectivity index (χ1n) is 5.67. The molecule has 0 spiro atoms. The second-order valence-corrected chi connectivity index (χ2v) is 4.40. The number of halogens is 1. The maximum Gasteiger partial charge on any atom is 0.125 e. The highest BCUT2D eigenvalue weighted by atomic mass is 19.1. The van der Waals surface area contributed by atoms with E-state index in [-0.39, 0.29) is 11.4 Å². The van der Waals surface area contributed by atoms with Gasteiger partial charge in [-0.1, -0.05) is 13.0 Å². The van der Waals surface area contributed by atoms with Crippen molar-refractivity contribution in [2.24, 2.45) is 0 Å². The van der Waals surface area contributed by atoms with Gasteiger partial charge in [0.1, 0.15) is 5.82 Å². The fraction of sp³-hybridized carbons (Fsp3) is 0.538. The largest absolute Gasteiger partial charge is 0.383 e. The Morgan fingerprint density at radius 3 is 2.75 bits per heavy atom. The fourth-order valence-corrected chi connectivity index (χ4v) is 1.22. The van der Waals surface area contributed by atoms with E-state index in [1.54, 1.807) is 6.07 Å². The molecule has 0 unspecified atom stereocenters. The van der Waals surface area contributed by atoms with Gasteiger partial charge in [-0.15, -0.1) is 0 Å². The predicted molar refractivity (Wildman–Crippen MR) is 65.2 cm³/mol. The summed E-state index contributed by atoms with van der Waals surface area (Å²) in [5.41, 5.74) is 0.710. The normalized spacial score (nSPS) is 11.5. The summed E-state index contributed by atoms with van der Waals surface area (Å²) in [5.74, 6) is -0.222. The third-order valence-electron chi connectivity index (χ3n) is 2.60. The van der Waals surface area contributed by atoms with Crippen LogP contribution < -0.4 is 5.32 Å². The van der Waals surface area contributed by atoms with E-state index in [4.69, 9.17) is 4.74 Å². The van der Waals surface area contributed by atoms with Crippen molar-refractivity contribution in [1.29, 1.82) is 0 Å². The second kappa shape index (κ2) is 5.85. The molecule has 0 saturated heterocycles. The number of benzene rings is 1. The van der Waals surface area contributed by atoms with E-state index in [0.717, 1.165) is 12.1 Å². The number of nitrogens with one attached hydrogen (secondary N) is 1. The minimum atomic E-state index is -0.222. The van der Waals surface area contributed by atoms with Crippen molar-refractivity contribution in [2.45, 2.75) is 32.8 Å². The van der Waals surface area contributed by atoms with E-state index < -0.39 is 0 Å². The SMILES string of the molecule is CCC(C)(C)OCCNc1cccc(F)c1. The van der Waals surface area contributed by atoms with Crippen LogP contribution in [0.4, 0.5) is 10.1 Å². The highest BCUT2D eigenvalue weighted by Gasteiger charge is 2.14. The Kier molecular flexibility index (Phi) is 4.74. The third kappa shape index (κ3) is 4.62. The lowest BCUT2D eigenvalue weighted by atomic mass is 10.1. The van der Waals surface area contributed by atoms with E-state index in [2.05, 4.69) is 26.1 Å². The van der Waals surface area contributed by atoms with Crippen LogP contribution in [0.2, 0.25) is 0 Å². The first-order valence-corrected chi connectivity index (χ1v) is 5.67. The lowest BCUT2D eigenvalue weighted by Gasteiger charge is -2.23. The zero-order valence-electron chi connectivity index (χ0n) is 10.2. The topological polar surface area (TPSA) is 21.3 Å². The summed E-state index contributed by atoms with van der Waals surface area (Å²) < 4.78 is 18.5. The monoisotopic (exact) mass is 225 g/mol. The summed E-state index contributed by atoms with van der Waals surface area (Å²) in [4.78, 5) is 0. The van der Waals surface area contributed by atoms with Gasteiger partial charge in [-0.25, -0.2) is 4.39 Å². The van der Waals surface area contributed by atoms with Crippen LogP contribution in [0.5, 0.6) is 0 Å². The molecule has 0 saturated carbocycles. The van der Waals surface area contributed by atoms with Gasteiger partial charge in [0, 0.05) is 12.2 Å². The molecular weight excluding hydrogens is 205 g/mol. The Morgan fingerprint density at radius 1 is 1.38 bits per heavy atom. The van der Waals surface area contributed by atoms with Gasteiger partial charge in [0.05, 0.1) is 12.2 Å². The Morgan fingerprint density at radius 2 is 2.12 bits per heavy atom.